The first kappa shape index (κ1) is 16.1. The number of rotatable bonds is 7. The van der Waals surface area contributed by atoms with Crippen LogP contribution in [0.2, 0.25) is 5.02 Å². The maximum absolute atomic E-state index is 11.2. The first-order chi connectivity index (χ1) is 10.1. The van der Waals surface area contributed by atoms with Crippen molar-refractivity contribution in [1.82, 2.24) is 5.32 Å². The highest BCUT2D eigenvalue weighted by Crippen LogP contribution is 2.28. The molecule has 1 atom stereocenters. The minimum Gasteiger partial charge on any atom is -0.383 e. The number of methoxy groups -OCH3 is 1. The average molecular weight is 312 g/mol. The average Bonchev–Trinajstić information content (AvgIpc) is 2.95. The molecule has 116 valence electrons. The number of benzene rings is 1. The number of nitrogens with two attached hydrogens (primary N) is 1. The second kappa shape index (κ2) is 7.64. The number of ether oxygens (including phenoxy) is 1. The van der Waals surface area contributed by atoms with Crippen molar-refractivity contribution in [1.29, 1.82) is 0 Å². The van der Waals surface area contributed by atoms with Crippen LogP contribution in [0.15, 0.2) is 18.2 Å². The van der Waals surface area contributed by atoms with Gasteiger partial charge in [0.15, 0.2) is 0 Å². The maximum Gasteiger partial charge on any atom is 0.222 e. The summed E-state index contributed by atoms with van der Waals surface area (Å²) in [6.45, 7) is 3.71. The Labute approximate surface area is 130 Å². The molecule has 0 aromatic heterocycles. The molecule has 1 unspecified atom stereocenters. The Balaban J connectivity index is 1.94. The highest BCUT2D eigenvalue weighted by molar-refractivity contribution is 6.31. The van der Waals surface area contributed by atoms with E-state index in [4.69, 9.17) is 22.1 Å². The molecule has 1 amide bonds. The van der Waals surface area contributed by atoms with Crippen LogP contribution in [0.1, 0.15) is 12.0 Å². The summed E-state index contributed by atoms with van der Waals surface area (Å²) >= 11 is 6.33. The molecule has 1 aliphatic rings. The quantitative estimate of drug-likeness (QED) is 0.747. The van der Waals surface area contributed by atoms with Crippen LogP contribution >= 0.6 is 11.6 Å². The van der Waals surface area contributed by atoms with Gasteiger partial charge in [0.25, 0.3) is 0 Å². The van der Waals surface area contributed by atoms with Gasteiger partial charge in [0, 0.05) is 44.0 Å². The van der Waals surface area contributed by atoms with Crippen molar-refractivity contribution in [2.75, 3.05) is 38.3 Å². The third-order valence-corrected chi connectivity index (χ3v) is 4.14. The first-order valence-corrected chi connectivity index (χ1v) is 7.52. The van der Waals surface area contributed by atoms with Crippen LogP contribution in [0.3, 0.4) is 0 Å². The van der Waals surface area contributed by atoms with Crippen LogP contribution < -0.4 is 16.0 Å². The normalized spacial score (nSPS) is 18.2. The van der Waals surface area contributed by atoms with Gasteiger partial charge < -0.3 is 20.7 Å². The largest absolute Gasteiger partial charge is 0.383 e. The number of carbonyl (C=O) groups is 1. The zero-order chi connectivity index (χ0) is 15.2. The van der Waals surface area contributed by atoms with E-state index in [1.807, 2.05) is 18.2 Å². The van der Waals surface area contributed by atoms with Gasteiger partial charge in [-0.05, 0) is 24.1 Å². The van der Waals surface area contributed by atoms with Crippen LogP contribution in [0.25, 0.3) is 0 Å². The molecular formula is C15H22ClN3O2. The van der Waals surface area contributed by atoms with E-state index in [9.17, 15) is 4.79 Å². The predicted molar refractivity (Wildman–Crippen MR) is 84.5 cm³/mol. The minimum absolute atomic E-state index is 0.0563. The van der Waals surface area contributed by atoms with Crippen LogP contribution in [-0.4, -0.2) is 39.3 Å². The summed E-state index contributed by atoms with van der Waals surface area (Å²) in [5, 5.41) is 4.01. The number of hydrogen-bond acceptors (Lipinski definition) is 4. The number of amides is 1. The number of halogens is 1. The van der Waals surface area contributed by atoms with Crippen LogP contribution in [0.4, 0.5) is 5.69 Å². The lowest BCUT2D eigenvalue weighted by Crippen LogP contribution is -2.27. The highest BCUT2D eigenvalue weighted by Gasteiger charge is 2.26. The lowest BCUT2D eigenvalue weighted by atomic mass is 10.1. The highest BCUT2D eigenvalue weighted by atomic mass is 35.5. The fourth-order valence-corrected chi connectivity index (χ4v) is 2.74. The summed E-state index contributed by atoms with van der Waals surface area (Å²) in [6.07, 6.45) is 0.813. The molecule has 3 N–H and O–H groups in total. The van der Waals surface area contributed by atoms with E-state index in [-0.39, 0.29) is 11.8 Å². The minimum atomic E-state index is -0.220. The molecule has 0 saturated carbocycles. The lowest BCUT2D eigenvalue weighted by molar-refractivity contribution is -0.121. The number of anilines is 1. The fraction of sp³-hybridized carbons (Fsp3) is 0.533. The Morgan fingerprint density at radius 1 is 1.57 bits per heavy atom. The summed E-state index contributed by atoms with van der Waals surface area (Å²) in [5.74, 6) is -0.276. The molecule has 5 nitrogen and oxygen atoms in total. The van der Waals surface area contributed by atoms with Gasteiger partial charge in [-0.1, -0.05) is 17.7 Å². The Morgan fingerprint density at radius 2 is 2.38 bits per heavy atom. The molecule has 1 aliphatic heterocycles. The number of primary amides is 1. The van der Waals surface area contributed by atoms with E-state index in [0.717, 1.165) is 35.8 Å². The molecule has 1 saturated heterocycles. The van der Waals surface area contributed by atoms with Crippen molar-refractivity contribution < 1.29 is 9.53 Å². The van der Waals surface area contributed by atoms with Gasteiger partial charge in [-0.2, -0.15) is 0 Å². The monoisotopic (exact) mass is 311 g/mol. The molecule has 0 spiro atoms. The van der Waals surface area contributed by atoms with E-state index in [1.54, 1.807) is 7.11 Å². The number of nitrogens with zero attached hydrogens (tertiary/aromatic N) is 1. The van der Waals surface area contributed by atoms with Crippen molar-refractivity contribution in [2.45, 2.75) is 13.0 Å². The molecule has 6 heteroatoms. The smallest absolute Gasteiger partial charge is 0.222 e. The predicted octanol–water partition coefficient (Wildman–Crippen LogP) is 1.39. The maximum atomic E-state index is 11.2. The zero-order valence-electron chi connectivity index (χ0n) is 12.3. The van der Waals surface area contributed by atoms with Crippen molar-refractivity contribution in [3.05, 3.63) is 28.8 Å². The third-order valence-electron chi connectivity index (χ3n) is 3.79. The molecule has 0 radical (unpaired) electrons. The SMILES string of the molecule is COCCNCc1ccc(N2CCC(C(N)=O)C2)cc1Cl. The second-order valence-corrected chi connectivity index (χ2v) is 5.69. The number of carbonyl (C=O) groups excluding carboxylic acids is 1. The second-order valence-electron chi connectivity index (χ2n) is 5.28. The summed E-state index contributed by atoms with van der Waals surface area (Å²) in [6, 6.07) is 6.02. The molecule has 1 aromatic rings. The molecule has 2 rings (SSSR count). The summed E-state index contributed by atoms with van der Waals surface area (Å²) in [7, 11) is 1.68. The Hall–Kier alpha value is -1.30. The van der Waals surface area contributed by atoms with Crippen molar-refractivity contribution in [3.8, 4) is 0 Å². The third kappa shape index (κ3) is 4.33. The van der Waals surface area contributed by atoms with Gasteiger partial charge in [-0.3, -0.25) is 4.79 Å². The standard InChI is InChI=1S/C15H22ClN3O2/c1-21-7-5-18-9-11-2-3-13(8-14(11)16)19-6-4-12(10-19)15(17)20/h2-3,8,12,18H,4-7,9-10H2,1H3,(H2,17,20). The molecule has 0 aliphatic carbocycles. The fourth-order valence-electron chi connectivity index (χ4n) is 2.50. The first-order valence-electron chi connectivity index (χ1n) is 7.14. The zero-order valence-corrected chi connectivity index (χ0v) is 13.0. The lowest BCUT2D eigenvalue weighted by Gasteiger charge is -2.19. The van der Waals surface area contributed by atoms with Gasteiger partial charge in [0.1, 0.15) is 0 Å². The van der Waals surface area contributed by atoms with Gasteiger partial charge in [0.2, 0.25) is 5.91 Å². The van der Waals surface area contributed by atoms with Crippen molar-refractivity contribution >= 4 is 23.2 Å². The molecule has 0 bridgehead atoms. The van der Waals surface area contributed by atoms with Gasteiger partial charge >= 0.3 is 0 Å². The summed E-state index contributed by atoms with van der Waals surface area (Å²) < 4.78 is 4.99. The number of nitrogens with one attached hydrogen (secondary N) is 1. The van der Waals surface area contributed by atoms with Crippen molar-refractivity contribution in [2.24, 2.45) is 11.7 Å². The van der Waals surface area contributed by atoms with E-state index >= 15 is 0 Å². The topological polar surface area (TPSA) is 67.6 Å². The molecule has 1 heterocycles. The Bertz CT molecular complexity index is 496. The van der Waals surface area contributed by atoms with Crippen LogP contribution in [-0.2, 0) is 16.1 Å². The molecular weight excluding hydrogens is 290 g/mol. The van der Waals surface area contributed by atoms with E-state index < -0.39 is 0 Å². The number of hydrogen-bond donors (Lipinski definition) is 2. The van der Waals surface area contributed by atoms with E-state index in [0.29, 0.717) is 19.7 Å². The van der Waals surface area contributed by atoms with Gasteiger partial charge in [-0.25, -0.2) is 0 Å². The van der Waals surface area contributed by atoms with Crippen LogP contribution in [0, 0.1) is 5.92 Å². The molecule has 21 heavy (non-hydrogen) atoms. The summed E-state index contributed by atoms with van der Waals surface area (Å²) in [5.41, 5.74) is 7.46. The van der Waals surface area contributed by atoms with Crippen molar-refractivity contribution in [3.63, 3.8) is 0 Å². The van der Waals surface area contributed by atoms with Gasteiger partial charge in [0.05, 0.1) is 12.5 Å². The molecule has 1 aromatic carbocycles. The molecule has 1 fully saturated rings. The Kier molecular flexibility index (Phi) is 5.85. The van der Waals surface area contributed by atoms with Gasteiger partial charge in [-0.15, -0.1) is 0 Å². The van der Waals surface area contributed by atoms with Crippen LogP contribution in [0.5, 0.6) is 0 Å². The van der Waals surface area contributed by atoms with E-state index in [2.05, 4.69) is 10.2 Å². The summed E-state index contributed by atoms with van der Waals surface area (Å²) in [4.78, 5) is 13.4. The Morgan fingerprint density at radius 3 is 3.00 bits per heavy atom. The van der Waals surface area contributed by atoms with E-state index in [1.165, 1.54) is 0 Å².